The minimum atomic E-state index is -0.535. The van der Waals surface area contributed by atoms with Crippen LogP contribution < -0.4 is 11.5 Å². The number of hydrogen-bond acceptors (Lipinski definition) is 4. The Labute approximate surface area is 90.6 Å². The molecule has 0 aliphatic carbocycles. The molecule has 0 atom stereocenters. The maximum Gasteiger partial charge on any atom is 0.262 e. The van der Waals surface area contributed by atoms with E-state index < -0.39 is 5.91 Å². The average molecular weight is 219 g/mol. The van der Waals surface area contributed by atoms with E-state index in [1.54, 1.807) is 0 Å². The molecule has 5 heteroatoms. The van der Waals surface area contributed by atoms with Crippen molar-refractivity contribution in [1.29, 1.82) is 0 Å². The van der Waals surface area contributed by atoms with Gasteiger partial charge in [0.15, 0.2) is 0 Å². The van der Waals surface area contributed by atoms with Crippen molar-refractivity contribution in [3.63, 3.8) is 0 Å². The van der Waals surface area contributed by atoms with Gasteiger partial charge in [0.1, 0.15) is 15.7 Å². The normalized spacial score (nSPS) is 10.1. The van der Waals surface area contributed by atoms with Gasteiger partial charge in [-0.3, -0.25) is 4.79 Å². The van der Waals surface area contributed by atoms with Crippen LogP contribution in [0.15, 0.2) is 30.3 Å². The molecule has 1 aromatic carbocycles. The summed E-state index contributed by atoms with van der Waals surface area (Å²) in [4.78, 5) is 15.4. The molecule has 0 aliphatic heterocycles. The number of anilines is 1. The van der Waals surface area contributed by atoms with Crippen LogP contribution in [0, 0.1) is 0 Å². The molecule has 1 amide bonds. The number of amides is 1. The van der Waals surface area contributed by atoms with Crippen LogP contribution in [0.3, 0.4) is 0 Å². The molecule has 2 aromatic rings. The van der Waals surface area contributed by atoms with Crippen LogP contribution in [0.2, 0.25) is 0 Å². The number of nitrogens with zero attached hydrogens (tertiary/aromatic N) is 1. The van der Waals surface area contributed by atoms with E-state index in [4.69, 9.17) is 11.5 Å². The van der Waals surface area contributed by atoms with Crippen LogP contribution in [-0.4, -0.2) is 10.9 Å². The Hall–Kier alpha value is -1.88. The molecule has 0 spiro atoms. The van der Waals surface area contributed by atoms with Crippen LogP contribution in [0.25, 0.3) is 10.6 Å². The summed E-state index contributed by atoms with van der Waals surface area (Å²) in [5.41, 5.74) is 11.7. The molecule has 1 aromatic heterocycles. The number of primary amides is 1. The SMILES string of the molecule is NC(=O)c1sc(-c2ccccc2)nc1N. The number of hydrogen-bond donors (Lipinski definition) is 2. The highest BCUT2D eigenvalue weighted by Gasteiger charge is 2.13. The van der Waals surface area contributed by atoms with Gasteiger partial charge in [-0.2, -0.15) is 0 Å². The van der Waals surface area contributed by atoms with Crippen molar-refractivity contribution in [2.75, 3.05) is 5.73 Å². The Kier molecular flexibility index (Phi) is 2.39. The lowest BCUT2D eigenvalue weighted by atomic mass is 10.2. The minimum absolute atomic E-state index is 0.200. The monoisotopic (exact) mass is 219 g/mol. The molecule has 0 saturated carbocycles. The van der Waals surface area contributed by atoms with Gasteiger partial charge in [-0.25, -0.2) is 4.98 Å². The van der Waals surface area contributed by atoms with Gasteiger partial charge in [0.2, 0.25) is 0 Å². The minimum Gasteiger partial charge on any atom is -0.382 e. The van der Waals surface area contributed by atoms with Gasteiger partial charge < -0.3 is 11.5 Å². The van der Waals surface area contributed by atoms with Crippen molar-refractivity contribution >= 4 is 23.1 Å². The molecule has 0 radical (unpaired) electrons. The van der Waals surface area contributed by atoms with E-state index in [9.17, 15) is 4.79 Å². The smallest absolute Gasteiger partial charge is 0.262 e. The summed E-state index contributed by atoms with van der Waals surface area (Å²) in [5.74, 6) is -0.335. The number of rotatable bonds is 2. The van der Waals surface area contributed by atoms with Crippen LogP contribution in [-0.2, 0) is 0 Å². The summed E-state index contributed by atoms with van der Waals surface area (Å²) >= 11 is 1.21. The Balaban J connectivity index is 2.48. The highest BCUT2D eigenvalue weighted by Crippen LogP contribution is 2.28. The van der Waals surface area contributed by atoms with Crippen molar-refractivity contribution in [3.8, 4) is 10.6 Å². The third-order valence-corrected chi connectivity index (χ3v) is 3.03. The molecule has 4 nitrogen and oxygen atoms in total. The summed E-state index contributed by atoms with van der Waals surface area (Å²) in [6.07, 6.45) is 0. The van der Waals surface area contributed by atoms with E-state index in [0.717, 1.165) is 5.56 Å². The molecule has 2 rings (SSSR count). The quantitative estimate of drug-likeness (QED) is 0.802. The number of carbonyl (C=O) groups excluding carboxylic acids is 1. The maximum absolute atomic E-state index is 11.0. The van der Waals surface area contributed by atoms with E-state index >= 15 is 0 Å². The standard InChI is InChI=1S/C10H9N3OS/c11-8-7(9(12)14)15-10(13-8)6-4-2-1-3-5-6/h1-5H,11H2,(H2,12,14). The molecule has 76 valence electrons. The molecular formula is C10H9N3OS. The zero-order valence-corrected chi connectivity index (χ0v) is 8.62. The van der Waals surface area contributed by atoms with E-state index in [2.05, 4.69) is 4.98 Å². The molecule has 0 saturated heterocycles. The first kappa shape index (κ1) is 9.67. The van der Waals surface area contributed by atoms with Gasteiger partial charge in [0, 0.05) is 5.56 Å². The second-order valence-corrected chi connectivity index (χ2v) is 3.96. The number of thiazole rings is 1. The lowest BCUT2D eigenvalue weighted by Gasteiger charge is -1.92. The number of nitrogens with two attached hydrogens (primary N) is 2. The largest absolute Gasteiger partial charge is 0.382 e. The Morgan fingerprint density at radius 2 is 1.93 bits per heavy atom. The predicted octanol–water partition coefficient (Wildman–Crippen LogP) is 1.49. The fourth-order valence-corrected chi connectivity index (χ4v) is 2.05. The molecule has 0 unspecified atom stereocenters. The predicted molar refractivity (Wildman–Crippen MR) is 60.5 cm³/mol. The van der Waals surface area contributed by atoms with Gasteiger partial charge in [0.25, 0.3) is 5.91 Å². The molecule has 0 aliphatic rings. The van der Waals surface area contributed by atoms with Gasteiger partial charge >= 0.3 is 0 Å². The first-order valence-corrected chi connectivity index (χ1v) is 5.11. The second-order valence-electron chi connectivity index (χ2n) is 2.96. The van der Waals surface area contributed by atoms with Gasteiger partial charge in [-0.05, 0) is 0 Å². The Morgan fingerprint density at radius 1 is 1.27 bits per heavy atom. The van der Waals surface area contributed by atoms with Crippen molar-refractivity contribution in [2.24, 2.45) is 5.73 Å². The molecule has 0 fully saturated rings. The third kappa shape index (κ3) is 1.82. The number of benzene rings is 1. The van der Waals surface area contributed by atoms with E-state index in [-0.39, 0.29) is 5.82 Å². The number of aromatic nitrogens is 1. The summed E-state index contributed by atoms with van der Waals surface area (Å²) < 4.78 is 0. The first-order valence-electron chi connectivity index (χ1n) is 4.30. The zero-order chi connectivity index (χ0) is 10.8. The topological polar surface area (TPSA) is 82.0 Å². The van der Waals surface area contributed by atoms with E-state index in [1.807, 2.05) is 30.3 Å². The molecular weight excluding hydrogens is 210 g/mol. The fourth-order valence-electron chi connectivity index (χ4n) is 1.21. The summed E-state index contributed by atoms with van der Waals surface area (Å²) in [7, 11) is 0. The summed E-state index contributed by atoms with van der Waals surface area (Å²) in [6.45, 7) is 0. The van der Waals surface area contributed by atoms with Crippen LogP contribution in [0.1, 0.15) is 9.67 Å². The van der Waals surface area contributed by atoms with Crippen molar-refractivity contribution in [2.45, 2.75) is 0 Å². The van der Waals surface area contributed by atoms with Crippen molar-refractivity contribution < 1.29 is 4.79 Å². The second kappa shape index (κ2) is 3.70. The van der Waals surface area contributed by atoms with Crippen LogP contribution in [0.5, 0.6) is 0 Å². The lowest BCUT2D eigenvalue weighted by molar-refractivity contribution is 0.100. The van der Waals surface area contributed by atoms with Crippen LogP contribution in [0.4, 0.5) is 5.82 Å². The van der Waals surface area contributed by atoms with Gasteiger partial charge in [-0.1, -0.05) is 30.3 Å². The third-order valence-electron chi connectivity index (χ3n) is 1.90. The maximum atomic E-state index is 11.0. The first-order chi connectivity index (χ1) is 7.18. The van der Waals surface area contributed by atoms with E-state index in [0.29, 0.717) is 9.88 Å². The molecule has 0 bridgehead atoms. The van der Waals surface area contributed by atoms with Crippen molar-refractivity contribution in [1.82, 2.24) is 4.98 Å². The summed E-state index contributed by atoms with van der Waals surface area (Å²) in [6, 6.07) is 9.52. The zero-order valence-electron chi connectivity index (χ0n) is 7.81. The average Bonchev–Trinajstić information content (AvgIpc) is 2.62. The van der Waals surface area contributed by atoms with E-state index in [1.165, 1.54) is 11.3 Å². The fraction of sp³-hybridized carbons (Fsp3) is 0. The highest BCUT2D eigenvalue weighted by molar-refractivity contribution is 7.17. The Bertz CT molecular complexity index is 493. The lowest BCUT2D eigenvalue weighted by Crippen LogP contribution is -2.10. The van der Waals surface area contributed by atoms with Gasteiger partial charge in [-0.15, -0.1) is 11.3 Å². The summed E-state index contributed by atoms with van der Waals surface area (Å²) in [5, 5.41) is 0.710. The molecule has 1 heterocycles. The molecule has 4 N–H and O–H groups in total. The number of nitrogen functional groups attached to an aromatic ring is 1. The van der Waals surface area contributed by atoms with Crippen LogP contribution >= 0.6 is 11.3 Å². The molecule has 15 heavy (non-hydrogen) atoms. The Morgan fingerprint density at radius 3 is 2.47 bits per heavy atom. The van der Waals surface area contributed by atoms with Gasteiger partial charge in [0.05, 0.1) is 0 Å². The highest BCUT2D eigenvalue weighted by atomic mass is 32.1. The van der Waals surface area contributed by atoms with Crippen molar-refractivity contribution in [3.05, 3.63) is 35.2 Å². The number of carbonyl (C=O) groups is 1.